The third kappa shape index (κ3) is 7.98. The summed E-state index contributed by atoms with van der Waals surface area (Å²) in [5.74, 6) is -0.636. The van der Waals surface area contributed by atoms with Gasteiger partial charge in [-0.15, -0.1) is 0 Å². The number of carbonyl (C=O) groups excluding carboxylic acids is 3. The largest absolute Gasteiger partial charge is 0.464 e. The Bertz CT molecular complexity index is 996. The molecule has 1 N–H and O–H groups in total. The SMILES string of the molecule is CCOC(=O)C(CC1=CCc2ccccc21)NC(=O)CCC(=O)CCCCCc1ccccc1. The van der Waals surface area contributed by atoms with Gasteiger partial charge in [-0.3, -0.25) is 9.59 Å². The second-order valence-electron chi connectivity index (χ2n) is 8.75. The van der Waals surface area contributed by atoms with Crippen molar-refractivity contribution in [2.24, 2.45) is 0 Å². The number of carbonyl (C=O) groups is 3. The van der Waals surface area contributed by atoms with E-state index in [1.165, 1.54) is 11.1 Å². The van der Waals surface area contributed by atoms with Crippen LogP contribution in [0, 0.1) is 0 Å². The van der Waals surface area contributed by atoms with Crippen LogP contribution in [0.3, 0.4) is 0 Å². The number of unbranched alkanes of at least 4 members (excludes halogenated alkanes) is 2. The van der Waals surface area contributed by atoms with E-state index in [1.54, 1.807) is 6.92 Å². The van der Waals surface area contributed by atoms with Crippen molar-refractivity contribution >= 4 is 23.2 Å². The highest BCUT2D eigenvalue weighted by molar-refractivity contribution is 5.89. The standard InChI is InChI=1S/C29H35NO4/c1-2-34-29(33)27(21-24-18-17-23-14-9-10-16-26(23)24)30-28(32)20-19-25(31)15-8-4-7-13-22-11-5-3-6-12-22/h3,5-6,9-12,14,16,18,27H,2,4,7-8,13,15,17,19-21H2,1H3,(H,30,32). The highest BCUT2D eigenvalue weighted by Gasteiger charge is 2.26. The summed E-state index contributed by atoms with van der Waals surface area (Å²) in [7, 11) is 0. The van der Waals surface area contributed by atoms with Crippen molar-refractivity contribution in [3.63, 3.8) is 0 Å². The lowest BCUT2D eigenvalue weighted by atomic mass is 9.99. The molecule has 5 heteroatoms. The number of fused-ring (bicyclic) bond motifs is 1. The number of amides is 1. The number of rotatable bonds is 14. The molecule has 0 saturated heterocycles. The Morgan fingerprint density at radius 1 is 0.912 bits per heavy atom. The van der Waals surface area contributed by atoms with E-state index in [2.05, 4.69) is 29.6 Å². The van der Waals surface area contributed by atoms with Crippen LogP contribution in [-0.4, -0.2) is 30.3 Å². The summed E-state index contributed by atoms with van der Waals surface area (Å²) >= 11 is 0. The maximum absolute atomic E-state index is 12.5. The van der Waals surface area contributed by atoms with Crippen molar-refractivity contribution in [3.05, 3.63) is 77.4 Å². The number of esters is 1. The molecule has 0 heterocycles. The molecule has 34 heavy (non-hydrogen) atoms. The van der Waals surface area contributed by atoms with E-state index in [9.17, 15) is 14.4 Å². The molecule has 2 aromatic rings. The van der Waals surface area contributed by atoms with Crippen molar-refractivity contribution in [1.29, 1.82) is 0 Å². The molecule has 0 aromatic heterocycles. The van der Waals surface area contributed by atoms with Crippen molar-refractivity contribution in [2.75, 3.05) is 6.61 Å². The lowest BCUT2D eigenvalue weighted by molar-refractivity contribution is -0.147. The minimum absolute atomic E-state index is 0.0917. The Morgan fingerprint density at radius 3 is 2.47 bits per heavy atom. The molecule has 0 spiro atoms. The summed E-state index contributed by atoms with van der Waals surface area (Å²) in [4.78, 5) is 37.3. The summed E-state index contributed by atoms with van der Waals surface area (Å²) in [5.41, 5.74) is 4.70. The van der Waals surface area contributed by atoms with E-state index in [0.29, 0.717) is 12.8 Å². The molecule has 180 valence electrons. The number of hydrogen-bond donors (Lipinski definition) is 1. The third-order valence-corrected chi connectivity index (χ3v) is 6.16. The summed E-state index contributed by atoms with van der Waals surface area (Å²) in [6.45, 7) is 2.00. The predicted octanol–water partition coefficient (Wildman–Crippen LogP) is 5.22. The number of benzene rings is 2. The zero-order chi connectivity index (χ0) is 24.2. The molecular formula is C29H35NO4. The van der Waals surface area contributed by atoms with Crippen molar-refractivity contribution in [1.82, 2.24) is 5.32 Å². The van der Waals surface area contributed by atoms with Crippen LogP contribution in [0.1, 0.15) is 68.6 Å². The average molecular weight is 462 g/mol. The number of nitrogens with one attached hydrogen (secondary N) is 1. The Hall–Kier alpha value is -3.21. The molecule has 0 saturated carbocycles. The number of aryl methyl sites for hydroxylation is 1. The minimum Gasteiger partial charge on any atom is -0.464 e. The second-order valence-corrected chi connectivity index (χ2v) is 8.75. The molecule has 1 unspecified atom stereocenters. The van der Waals surface area contributed by atoms with E-state index < -0.39 is 12.0 Å². The van der Waals surface area contributed by atoms with Gasteiger partial charge in [0, 0.05) is 25.7 Å². The number of ketones is 1. The topological polar surface area (TPSA) is 72.5 Å². The fraction of sp³-hybridized carbons (Fsp3) is 0.414. The maximum Gasteiger partial charge on any atom is 0.328 e. The molecule has 1 amide bonds. The highest BCUT2D eigenvalue weighted by Crippen LogP contribution is 2.30. The Kier molecular flexibility index (Phi) is 10.1. The fourth-order valence-electron chi connectivity index (χ4n) is 4.32. The number of allylic oxidation sites excluding steroid dienone is 1. The van der Waals surface area contributed by atoms with Gasteiger partial charge in [0.1, 0.15) is 11.8 Å². The molecule has 1 atom stereocenters. The molecule has 0 radical (unpaired) electrons. The highest BCUT2D eigenvalue weighted by atomic mass is 16.5. The molecule has 2 aromatic carbocycles. The molecule has 0 bridgehead atoms. The van der Waals surface area contributed by atoms with Crippen LogP contribution >= 0.6 is 0 Å². The van der Waals surface area contributed by atoms with E-state index in [4.69, 9.17) is 4.74 Å². The normalized spacial score (nSPS) is 13.0. The van der Waals surface area contributed by atoms with Crippen LogP contribution in [0.4, 0.5) is 0 Å². The fourth-order valence-corrected chi connectivity index (χ4v) is 4.32. The first-order valence-corrected chi connectivity index (χ1v) is 12.4. The van der Waals surface area contributed by atoms with Gasteiger partial charge in [-0.25, -0.2) is 4.79 Å². The first-order chi connectivity index (χ1) is 16.6. The minimum atomic E-state index is -0.752. The Balaban J connectivity index is 1.39. The average Bonchev–Trinajstić information content (AvgIpc) is 3.26. The van der Waals surface area contributed by atoms with Crippen molar-refractivity contribution in [3.8, 4) is 0 Å². The van der Waals surface area contributed by atoms with Crippen molar-refractivity contribution < 1.29 is 19.1 Å². The smallest absolute Gasteiger partial charge is 0.328 e. The summed E-state index contributed by atoms with van der Waals surface area (Å²) in [6.07, 6.45) is 8.01. The molecular weight excluding hydrogens is 426 g/mol. The van der Waals surface area contributed by atoms with Crippen molar-refractivity contribution in [2.45, 2.75) is 70.8 Å². The first kappa shape index (κ1) is 25.4. The van der Waals surface area contributed by atoms with Gasteiger partial charge < -0.3 is 10.1 Å². The van der Waals surface area contributed by atoms with Gasteiger partial charge in [0.15, 0.2) is 0 Å². The molecule has 1 aliphatic rings. The molecule has 5 nitrogen and oxygen atoms in total. The third-order valence-electron chi connectivity index (χ3n) is 6.16. The summed E-state index contributed by atoms with van der Waals surface area (Å²) in [6, 6.07) is 17.7. The van der Waals surface area contributed by atoms with Crippen LogP contribution in [0.25, 0.3) is 5.57 Å². The quantitative estimate of drug-likeness (QED) is 0.309. The second kappa shape index (κ2) is 13.5. The van der Waals surface area contributed by atoms with Crippen LogP contribution in [0.5, 0.6) is 0 Å². The van der Waals surface area contributed by atoms with Gasteiger partial charge >= 0.3 is 5.97 Å². The number of hydrogen-bond acceptors (Lipinski definition) is 4. The zero-order valence-electron chi connectivity index (χ0n) is 20.1. The van der Waals surface area contributed by atoms with E-state index in [-0.39, 0.29) is 31.1 Å². The Labute approximate surface area is 202 Å². The molecule has 3 rings (SSSR count). The lowest BCUT2D eigenvalue weighted by Gasteiger charge is -2.18. The Morgan fingerprint density at radius 2 is 1.68 bits per heavy atom. The van der Waals surface area contributed by atoms with Crippen LogP contribution in [0.2, 0.25) is 0 Å². The summed E-state index contributed by atoms with van der Waals surface area (Å²) in [5, 5.41) is 2.80. The van der Waals surface area contributed by atoms with Crippen LogP contribution in [-0.2, 0) is 32.0 Å². The predicted molar refractivity (Wildman–Crippen MR) is 134 cm³/mol. The molecule has 1 aliphatic carbocycles. The molecule has 0 fully saturated rings. The van der Waals surface area contributed by atoms with Gasteiger partial charge in [0.05, 0.1) is 6.61 Å². The first-order valence-electron chi connectivity index (χ1n) is 12.4. The molecule has 0 aliphatic heterocycles. The maximum atomic E-state index is 12.5. The van der Waals surface area contributed by atoms with Gasteiger partial charge in [-0.05, 0) is 54.9 Å². The van der Waals surface area contributed by atoms with E-state index >= 15 is 0 Å². The number of ether oxygens (including phenoxy) is 1. The lowest BCUT2D eigenvalue weighted by Crippen LogP contribution is -2.42. The zero-order valence-corrected chi connectivity index (χ0v) is 20.1. The van der Waals surface area contributed by atoms with Gasteiger partial charge in [0.2, 0.25) is 5.91 Å². The van der Waals surface area contributed by atoms with Crippen LogP contribution < -0.4 is 5.32 Å². The van der Waals surface area contributed by atoms with Crippen LogP contribution in [0.15, 0.2) is 60.7 Å². The summed E-state index contributed by atoms with van der Waals surface area (Å²) < 4.78 is 5.19. The number of Topliss-reactive ketones (excluding diaryl/α,β-unsaturated/α-hetero) is 1. The monoisotopic (exact) mass is 461 g/mol. The van der Waals surface area contributed by atoms with Gasteiger partial charge in [-0.1, -0.05) is 67.1 Å². The van der Waals surface area contributed by atoms with E-state index in [0.717, 1.165) is 43.2 Å². The van der Waals surface area contributed by atoms with Gasteiger partial charge in [-0.2, -0.15) is 0 Å². The van der Waals surface area contributed by atoms with Gasteiger partial charge in [0.25, 0.3) is 0 Å². The van der Waals surface area contributed by atoms with E-state index in [1.807, 2.05) is 36.4 Å².